The number of hydrogen-bond acceptors (Lipinski definition) is 15. The number of hydroxylamine groups is 4. The predicted octanol–water partition coefficient (Wildman–Crippen LogP) is 1.59. The lowest BCUT2D eigenvalue weighted by atomic mass is 9.82. The summed E-state index contributed by atoms with van der Waals surface area (Å²) in [5, 5.41) is 4.06. The van der Waals surface area contributed by atoms with Crippen LogP contribution in [0.15, 0.2) is 24.3 Å². The number of imide groups is 2. The number of carbonyl (C=O) groups excluding carboxylic acids is 12. The van der Waals surface area contributed by atoms with E-state index < -0.39 is 41.5 Å². The molecule has 3 aliphatic rings. The molecule has 2 fully saturated rings. The highest BCUT2D eigenvalue weighted by Crippen LogP contribution is 2.30. The maximum Gasteiger partial charge on any atom is 0.333 e. The molecule has 2 heterocycles. The molecular weight excluding hydrogens is 802 g/mol. The van der Waals surface area contributed by atoms with E-state index >= 15 is 0 Å². The first kappa shape index (κ1) is 51.1. The summed E-state index contributed by atoms with van der Waals surface area (Å²) in [7, 11) is 3.02. The molecule has 20 heteroatoms. The summed E-state index contributed by atoms with van der Waals surface area (Å²) >= 11 is 0. The van der Waals surface area contributed by atoms with E-state index in [0.29, 0.717) is 75.2 Å². The van der Waals surface area contributed by atoms with Crippen molar-refractivity contribution in [3.05, 3.63) is 24.3 Å². The third-order valence-corrected chi connectivity index (χ3v) is 9.78. The smallest absolute Gasteiger partial charge is 0.333 e. The van der Waals surface area contributed by atoms with Crippen molar-refractivity contribution in [2.75, 3.05) is 40.3 Å². The van der Waals surface area contributed by atoms with Gasteiger partial charge in [0.25, 0.3) is 29.5 Å². The quantitative estimate of drug-likeness (QED) is 0.0361. The first-order valence-corrected chi connectivity index (χ1v) is 20.5. The van der Waals surface area contributed by atoms with Crippen molar-refractivity contribution in [3.63, 3.8) is 0 Å². The van der Waals surface area contributed by atoms with Gasteiger partial charge in [0.05, 0.1) is 12.5 Å². The zero-order valence-electron chi connectivity index (χ0n) is 34.9. The number of amides is 7. The Hall–Kier alpha value is -6.08. The minimum atomic E-state index is -0.625. The summed E-state index contributed by atoms with van der Waals surface area (Å²) in [5.74, 6) is -3.95. The molecule has 0 spiro atoms. The molecule has 336 valence electrons. The highest BCUT2D eigenvalue weighted by atomic mass is 16.7. The number of likely N-dealkylation sites (N-methyl/N-ethyl adjacent to an activating group) is 1. The van der Waals surface area contributed by atoms with Crippen molar-refractivity contribution < 1.29 is 71.9 Å². The monoisotopic (exact) mass is 859 g/mol. The van der Waals surface area contributed by atoms with Gasteiger partial charge >= 0.3 is 17.9 Å². The van der Waals surface area contributed by atoms with Gasteiger partial charge in [0.1, 0.15) is 12.6 Å². The predicted molar refractivity (Wildman–Crippen MR) is 211 cm³/mol. The van der Waals surface area contributed by atoms with E-state index in [1.54, 1.807) is 11.9 Å². The van der Waals surface area contributed by atoms with E-state index in [4.69, 9.17) is 14.4 Å². The van der Waals surface area contributed by atoms with E-state index in [0.717, 1.165) is 35.6 Å². The number of unbranched alkanes of at least 4 members (excludes halogenated alkanes) is 4. The van der Waals surface area contributed by atoms with Crippen molar-refractivity contribution in [3.8, 4) is 0 Å². The molecule has 7 amide bonds. The zero-order valence-corrected chi connectivity index (χ0v) is 34.9. The second kappa shape index (κ2) is 28.4. The molecule has 0 aromatic heterocycles. The Balaban J connectivity index is 0.000000426. The first-order chi connectivity index (χ1) is 29.2. The van der Waals surface area contributed by atoms with Gasteiger partial charge in [0, 0.05) is 96.9 Å². The Morgan fingerprint density at radius 1 is 0.787 bits per heavy atom. The van der Waals surface area contributed by atoms with Gasteiger partial charge in [0.2, 0.25) is 11.8 Å². The van der Waals surface area contributed by atoms with Crippen LogP contribution in [-0.4, -0.2) is 132 Å². The van der Waals surface area contributed by atoms with Crippen LogP contribution in [0.1, 0.15) is 109 Å². The highest BCUT2D eigenvalue weighted by Gasteiger charge is 2.33. The number of esters is 1. The number of nitrogens with one attached hydrogen (secondary N) is 1. The molecule has 1 saturated heterocycles. The molecular formula is C41H57N5O15. The summed E-state index contributed by atoms with van der Waals surface area (Å²) < 4.78 is 5.36. The molecule has 0 bridgehead atoms. The topological polar surface area (TPSA) is 258 Å². The summed E-state index contributed by atoms with van der Waals surface area (Å²) in [6.07, 6.45) is 13.1. The fourth-order valence-electron chi connectivity index (χ4n) is 6.29. The summed E-state index contributed by atoms with van der Waals surface area (Å²) in [4.78, 5) is 149. The third-order valence-electron chi connectivity index (χ3n) is 9.78. The Morgan fingerprint density at radius 2 is 1.41 bits per heavy atom. The molecule has 0 aromatic rings. The molecule has 1 N–H and O–H groups in total. The van der Waals surface area contributed by atoms with E-state index in [9.17, 15) is 57.5 Å². The molecule has 61 heavy (non-hydrogen) atoms. The Kier molecular flexibility index (Phi) is 23.8. The van der Waals surface area contributed by atoms with E-state index in [1.807, 2.05) is 0 Å². The first-order valence-electron chi connectivity index (χ1n) is 20.5. The van der Waals surface area contributed by atoms with Crippen LogP contribution in [0.2, 0.25) is 0 Å². The molecule has 2 aliphatic heterocycles. The Morgan fingerprint density at radius 3 is 2.03 bits per heavy atom. The standard InChI is InChI=1S/C23H32N2O8.C18H25N3O7/c1-24(19(27)6-5-14-26)16-17-8-10-18(11-9-17)23(31)32-15-4-2-3-7-22(30)33-25-20(28)12-13-21(25)29;1-20(15(24)6-5-13-22)28-18(27)7-3-2-4-11-19-14(23)10-12-21-16(25)8-9-17(21)26/h5-6,14,17-18H,2-4,7-13,15-16H2,1H3;8-9,13H,2-7,10-12H2,1H3,(H,19,23)/b6-5-;. The SMILES string of the molecule is CN(CC1CCC(C(=O)OCCCCCC(=O)ON2C(=O)CCC2=O)CC1)C(=O)/C=C\C=O.CN(OC(=O)CCCCCNC(=O)CCN1C(=O)C=CC1=O)C(=O)CCC=O. The lowest BCUT2D eigenvalue weighted by Crippen LogP contribution is -2.34. The van der Waals surface area contributed by atoms with Crippen molar-refractivity contribution in [2.24, 2.45) is 11.8 Å². The largest absolute Gasteiger partial charge is 0.465 e. The summed E-state index contributed by atoms with van der Waals surface area (Å²) in [6, 6.07) is 0. The summed E-state index contributed by atoms with van der Waals surface area (Å²) in [5.41, 5.74) is 0. The van der Waals surface area contributed by atoms with Gasteiger partial charge in [-0.1, -0.05) is 6.42 Å². The van der Waals surface area contributed by atoms with Crippen LogP contribution in [-0.2, 0) is 71.9 Å². The lowest BCUT2D eigenvalue weighted by molar-refractivity contribution is -0.197. The minimum Gasteiger partial charge on any atom is -0.465 e. The van der Waals surface area contributed by atoms with Crippen LogP contribution in [0.3, 0.4) is 0 Å². The molecule has 3 rings (SSSR count). The van der Waals surface area contributed by atoms with Crippen LogP contribution >= 0.6 is 0 Å². The number of nitrogens with zero attached hydrogens (tertiary/aromatic N) is 4. The van der Waals surface area contributed by atoms with Gasteiger partial charge in [-0.05, 0) is 69.8 Å². The maximum absolute atomic E-state index is 12.3. The average Bonchev–Trinajstić information content (AvgIpc) is 3.74. The van der Waals surface area contributed by atoms with Crippen molar-refractivity contribution in [1.82, 2.24) is 25.2 Å². The number of rotatable bonds is 24. The molecule has 0 atom stereocenters. The van der Waals surface area contributed by atoms with Gasteiger partial charge in [-0.3, -0.25) is 48.1 Å². The van der Waals surface area contributed by atoms with Gasteiger partial charge in [-0.25, -0.2) is 9.59 Å². The summed E-state index contributed by atoms with van der Waals surface area (Å²) in [6.45, 7) is 1.32. The highest BCUT2D eigenvalue weighted by molar-refractivity contribution is 6.13. The van der Waals surface area contributed by atoms with Crippen molar-refractivity contribution in [2.45, 2.75) is 109 Å². The lowest BCUT2D eigenvalue weighted by Gasteiger charge is -2.30. The number of aldehydes is 2. The van der Waals surface area contributed by atoms with E-state index in [-0.39, 0.29) is 81.8 Å². The number of ether oxygens (including phenoxy) is 1. The van der Waals surface area contributed by atoms with Crippen LogP contribution in [0.25, 0.3) is 0 Å². The Labute approximate surface area is 354 Å². The molecule has 20 nitrogen and oxygen atoms in total. The fourth-order valence-corrected chi connectivity index (χ4v) is 6.29. The van der Waals surface area contributed by atoms with Crippen molar-refractivity contribution >= 4 is 71.8 Å². The molecule has 1 aliphatic carbocycles. The fraction of sp³-hybridized carbons (Fsp3) is 0.610. The maximum atomic E-state index is 12.3. The van der Waals surface area contributed by atoms with Gasteiger partial charge < -0.3 is 29.4 Å². The molecule has 0 radical (unpaired) electrons. The molecule has 0 unspecified atom stereocenters. The average molecular weight is 860 g/mol. The van der Waals surface area contributed by atoms with Gasteiger partial charge in [0.15, 0.2) is 0 Å². The normalized spacial score (nSPS) is 17.1. The Bertz CT molecular complexity index is 1620. The van der Waals surface area contributed by atoms with Crippen LogP contribution in [0, 0.1) is 11.8 Å². The second-order valence-corrected chi connectivity index (χ2v) is 14.6. The minimum absolute atomic E-state index is 0.0103. The molecule has 1 saturated carbocycles. The second-order valence-electron chi connectivity index (χ2n) is 14.6. The van der Waals surface area contributed by atoms with Crippen LogP contribution in [0.4, 0.5) is 0 Å². The number of carbonyl (C=O) groups is 12. The third kappa shape index (κ3) is 20.2. The number of hydrogen-bond donors (Lipinski definition) is 1. The van der Waals surface area contributed by atoms with Crippen molar-refractivity contribution in [1.29, 1.82) is 0 Å². The van der Waals surface area contributed by atoms with E-state index in [2.05, 4.69) is 5.32 Å². The molecule has 0 aromatic carbocycles. The van der Waals surface area contributed by atoms with Gasteiger partial charge in [-0.15, -0.1) is 5.06 Å². The van der Waals surface area contributed by atoms with Crippen LogP contribution in [0.5, 0.6) is 0 Å². The van der Waals surface area contributed by atoms with Gasteiger partial charge in [-0.2, -0.15) is 5.06 Å². The number of allylic oxidation sites excluding steroid dienone is 1. The van der Waals surface area contributed by atoms with E-state index in [1.165, 1.54) is 31.4 Å². The zero-order chi connectivity index (χ0) is 45.2. The van der Waals surface area contributed by atoms with Crippen LogP contribution < -0.4 is 5.32 Å².